The summed E-state index contributed by atoms with van der Waals surface area (Å²) in [6.07, 6.45) is 2.84. The largest absolute Gasteiger partial charge is 0.494 e. The van der Waals surface area contributed by atoms with Gasteiger partial charge in [-0.2, -0.15) is 5.10 Å². The third kappa shape index (κ3) is 9.96. The molecule has 0 aliphatic rings. The van der Waals surface area contributed by atoms with Gasteiger partial charge in [-0.1, -0.05) is 0 Å². The maximum absolute atomic E-state index is 12.8. The van der Waals surface area contributed by atoms with Gasteiger partial charge in [0.1, 0.15) is 11.6 Å². The van der Waals surface area contributed by atoms with Crippen molar-refractivity contribution in [3.05, 3.63) is 47.5 Å². The molecule has 0 fully saturated rings. The van der Waals surface area contributed by atoms with E-state index in [0.29, 0.717) is 12.4 Å². The molecule has 8 heteroatoms. The molecular formula is C21H33FIN5O. The van der Waals surface area contributed by atoms with Crippen molar-refractivity contribution in [3.63, 3.8) is 0 Å². The molecule has 0 saturated carbocycles. The molecule has 0 unspecified atom stereocenters. The molecule has 0 bridgehead atoms. The number of aliphatic imine (C=N–C) groups is 1. The first kappa shape index (κ1) is 25.2. The molecule has 0 radical (unpaired) electrons. The predicted octanol–water partition coefficient (Wildman–Crippen LogP) is 4.06. The van der Waals surface area contributed by atoms with Crippen LogP contribution < -0.4 is 15.4 Å². The lowest BCUT2D eigenvalue weighted by atomic mass is 10.3. The van der Waals surface area contributed by atoms with Crippen LogP contribution in [0.15, 0.2) is 35.3 Å². The quantitative estimate of drug-likeness (QED) is 0.204. The Balaban J connectivity index is 0.00000420. The zero-order valence-corrected chi connectivity index (χ0v) is 19.9. The van der Waals surface area contributed by atoms with Crippen LogP contribution in [0.25, 0.3) is 0 Å². The van der Waals surface area contributed by atoms with E-state index >= 15 is 0 Å². The van der Waals surface area contributed by atoms with E-state index in [4.69, 9.17) is 4.74 Å². The second kappa shape index (κ2) is 14.2. The maximum atomic E-state index is 12.8. The van der Waals surface area contributed by atoms with E-state index in [1.165, 1.54) is 17.8 Å². The van der Waals surface area contributed by atoms with Gasteiger partial charge in [0.15, 0.2) is 5.96 Å². The Bertz CT molecular complexity index is 733. The van der Waals surface area contributed by atoms with Gasteiger partial charge in [0, 0.05) is 31.9 Å². The van der Waals surface area contributed by atoms with Crippen molar-refractivity contribution in [3.8, 4) is 5.75 Å². The topological polar surface area (TPSA) is 63.5 Å². The average molecular weight is 517 g/mol. The minimum atomic E-state index is -0.248. The van der Waals surface area contributed by atoms with Crippen LogP contribution in [0, 0.1) is 19.7 Å². The Morgan fingerprint density at radius 2 is 1.90 bits per heavy atom. The number of halogens is 2. The minimum Gasteiger partial charge on any atom is -0.494 e. The fraction of sp³-hybridized carbons (Fsp3) is 0.524. The number of aromatic nitrogens is 2. The summed E-state index contributed by atoms with van der Waals surface area (Å²) in [6, 6.07) is 8.20. The van der Waals surface area contributed by atoms with Crippen molar-refractivity contribution in [2.45, 2.75) is 46.6 Å². The lowest BCUT2D eigenvalue weighted by Gasteiger charge is -2.11. The van der Waals surface area contributed by atoms with Crippen molar-refractivity contribution >= 4 is 29.9 Å². The highest BCUT2D eigenvalue weighted by Crippen LogP contribution is 2.11. The van der Waals surface area contributed by atoms with Crippen molar-refractivity contribution in [1.29, 1.82) is 0 Å². The SMILES string of the molecule is CCNC(=NCCCn1nc(C)cc1C)NCCCCOc1ccc(F)cc1.I. The van der Waals surface area contributed by atoms with Crippen LogP contribution in [0.4, 0.5) is 4.39 Å². The molecule has 2 N–H and O–H groups in total. The van der Waals surface area contributed by atoms with Crippen LogP contribution in [0.5, 0.6) is 5.75 Å². The average Bonchev–Trinajstić information content (AvgIpc) is 3.00. The van der Waals surface area contributed by atoms with Gasteiger partial charge in [0.05, 0.1) is 12.3 Å². The van der Waals surface area contributed by atoms with Crippen LogP contribution in [0.2, 0.25) is 0 Å². The van der Waals surface area contributed by atoms with Crippen molar-refractivity contribution in [1.82, 2.24) is 20.4 Å². The smallest absolute Gasteiger partial charge is 0.191 e. The van der Waals surface area contributed by atoms with E-state index < -0.39 is 0 Å². The van der Waals surface area contributed by atoms with Gasteiger partial charge in [-0.3, -0.25) is 9.67 Å². The van der Waals surface area contributed by atoms with E-state index in [-0.39, 0.29) is 29.8 Å². The van der Waals surface area contributed by atoms with Crippen LogP contribution >= 0.6 is 24.0 Å². The van der Waals surface area contributed by atoms with Gasteiger partial charge >= 0.3 is 0 Å². The maximum Gasteiger partial charge on any atom is 0.191 e. The van der Waals surface area contributed by atoms with Gasteiger partial charge < -0.3 is 15.4 Å². The second-order valence-electron chi connectivity index (χ2n) is 6.70. The first-order valence-corrected chi connectivity index (χ1v) is 10.00. The molecule has 0 amide bonds. The Kier molecular flexibility index (Phi) is 12.3. The summed E-state index contributed by atoms with van der Waals surface area (Å²) in [7, 11) is 0. The first-order valence-electron chi connectivity index (χ1n) is 10.00. The highest BCUT2D eigenvalue weighted by atomic mass is 127. The van der Waals surface area contributed by atoms with Gasteiger partial charge in [-0.25, -0.2) is 4.39 Å². The predicted molar refractivity (Wildman–Crippen MR) is 127 cm³/mol. The summed E-state index contributed by atoms with van der Waals surface area (Å²) in [6.45, 7) is 10.1. The first-order chi connectivity index (χ1) is 13.6. The van der Waals surface area contributed by atoms with Gasteiger partial charge in [0.25, 0.3) is 0 Å². The molecule has 1 heterocycles. The second-order valence-corrected chi connectivity index (χ2v) is 6.70. The Labute approximate surface area is 190 Å². The summed E-state index contributed by atoms with van der Waals surface area (Å²) in [5.41, 5.74) is 2.24. The highest BCUT2D eigenvalue weighted by molar-refractivity contribution is 14.0. The van der Waals surface area contributed by atoms with E-state index in [0.717, 1.165) is 57.1 Å². The summed E-state index contributed by atoms with van der Waals surface area (Å²) in [5.74, 6) is 1.30. The van der Waals surface area contributed by atoms with Crippen molar-refractivity contribution < 1.29 is 9.13 Å². The summed E-state index contributed by atoms with van der Waals surface area (Å²) >= 11 is 0. The molecule has 2 aromatic rings. The molecule has 0 aliphatic carbocycles. The van der Waals surface area contributed by atoms with E-state index in [9.17, 15) is 4.39 Å². The Hall–Kier alpha value is -1.84. The lowest BCUT2D eigenvalue weighted by Crippen LogP contribution is -2.38. The van der Waals surface area contributed by atoms with Gasteiger partial charge in [0.2, 0.25) is 0 Å². The molecule has 0 saturated heterocycles. The summed E-state index contributed by atoms with van der Waals surface area (Å²) in [5, 5.41) is 11.1. The van der Waals surface area contributed by atoms with E-state index in [2.05, 4.69) is 40.6 Å². The Morgan fingerprint density at radius 1 is 1.14 bits per heavy atom. The number of nitrogens with one attached hydrogen (secondary N) is 2. The third-order valence-electron chi connectivity index (χ3n) is 4.19. The molecular weight excluding hydrogens is 484 g/mol. The highest BCUT2D eigenvalue weighted by Gasteiger charge is 2.01. The number of guanidine groups is 1. The van der Waals surface area contributed by atoms with Crippen LogP contribution in [-0.4, -0.2) is 42.0 Å². The molecule has 162 valence electrons. The van der Waals surface area contributed by atoms with Gasteiger partial charge in [-0.05, 0) is 70.4 Å². The molecule has 1 aromatic carbocycles. The summed E-state index contributed by atoms with van der Waals surface area (Å²) < 4.78 is 20.5. The number of unbranched alkanes of at least 4 members (excludes halogenated alkanes) is 1. The number of hydrogen-bond acceptors (Lipinski definition) is 3. The number of rotatable bonds is 11. The molecule has 0 aliphatic heterocycles. The van der Waals surface area contributed by atoms with Crippen LogP contribution in [0.3, 0.4) is 0 Å². The van der Waals surface area contributed by atoms with Gasteiger partial charge in [-0.15, -0.1) is 24.0 Å². The zero-order chi connectivity index (χ0) is 20.2. The molecule has 1 aromatic heterocycles. The minimum absolute atomic E-state index is 0. The normalized spacial score (nSPS) is 11.1. The number of aryl methyl sites for hydroxylation is 3. The fourth-order valence-electron chi connectivity index (χ4n) is 2.81. The standard InChI is InChI=1S/C21H32FN5O.HI/c1-4-23-21(25-13-7-14-27-18(3)16-17(2)26-27)24-12-5-6-15-28-20-10-8-19(22)9-11-20;/h8-11,16H,4-7,12-15H2,1-3H3,(H2,23,24,25);1H. The number of benzene rings is 1. The van der Waals surface area contributed by atoms with Crippen LogP contribution in [-0.2, 0) is 6.54 Å². The summed E-state index contributed by atoms with van der Waals surface area (Å²) in [4.78, 5) is 4.63. The molecule has 0 spiro atoms. The lowest BCUT2D eigenvalue weighted by molar-refractivity contribution is 0.306. The van der Waals surface area contributed by atoms with Crippen LogP contribution in [0.1, 0.15) is 37.6 Å². The third-order valence-corrected chi connectivity index (χ3v) is 4.19. The number of hydrogen-bond donors (Lipinski definition) is 2. The number of nitrogens with zero attached hydrogens (tertiary/aromatic N) is 3. The van der Waals surface area contributed by atoms with E-state index in [1.807, 2.05) is 11.6 Å². The van der Waals surface area contributed by atoms with Crippen molar-refractivity contribution in [2.75, 3.05) is 26.2 Å². The van der Waals surface area contributed by atoms with E-state index in [1.54, 1.807) is 12.1 Å². The molecule has 6 nitrogen and oxygen atoms in total. The Morgan fingerprint density at radius 3 is 2.55 bits per heavy atom. The number of ether oxygens (including phenoxy) is 1. The van der Waals surface area contributed by atoms with Crippen molar-refractivity contribution in [2.24, 2.45) is 4.99 Å². The molecule has 2 rings (SSSR count). The molecule has 0 atom stereocenters. The zero-order valence-electron chi connectivity index (χ0n) is 17.6. The fourth-order valence-corrected chi connectivity index (χ4v) is 2.81. The molecule has 29 heavy (non-hydrogen) atoms. The monoisotopic (exact) mass is 517 g/mol.